The van der Waals surface area contributed by atoms with E-state index in [4.69, 9.17) is 17.3 Å². The number of amides is 1. The molecule has 0 spiro atoms. The van der Waals surface area contributed by atoms with Crippen LogP contribution in [0.1, 0.15) is 24.8 Å². The fourth-order valence-electron chi connectivity index (χ4n) is 3.53. The molecule has 0 bridgehead atoms. The van der Waals surface area contributed by atoms with Crippen LogP contribution in [0.4, 0.5) is 4.39 Å². The van der Waals surface area contributed by atoms with E-state index >= 15 is 0 Å². The number of carbonyl (C=O) groups excluding carboxylic acids is 1. The summed E-state index contributed by atoms with van der Waals surface area (Å²) in [6.07, 6.45) is 2.66. The molecule has 2 fully saturated rings. The summed E-state index contributed by atoms with van der Waals surface area (Å²) in [5, 5.41) is 0.462. The summed E-state index contributed by atoms with van der Waals surface area (Å²) in [4.78, 5) is 16.6. The Morgan fingerprint density at radius 3 is 2.61 bits per heavy atom. The van der Waals surface area contributed by atoms with Crippen LogP contribution in [0, 0.1) is 11.7 Å². The molecule has 3 rings (SSSR count). The molecule has 6 heteroatoms. The van der Waals surface area contributed by atoms with Gasteiger partial charge >= 0.3 is 0 Å². The lowest BCUT2D eigenvalue weighted by molar-refractivity contribution is -0.137. The number of hydrogen-bond acceptors (Lipinski definition) is 3. The van der Waals surface area contributed by atoms with E-state index in [1.54, 1.807) is 12.1 Å². The number of nitrogens with two attached hydrogens (primary N) is 1. The molecule has 2 N–H and O–H groups in total. The van der Waals surface area contributed by atoms with Crippen molar-refractivity contribution in [2.24, 2.45) is 11.7 Å². The zero-order valence-corrected chi connectivity index (χ0v) is 13.9. The smallest absolute Gasteiger partial charge is 0.225 e. The quantitative estimate of drug-likeness (QED) is 0.919. The Morgan fingerprint density at radius 1 is 1.26 bits per heavy atom. The van der Waals surface area contributed by atoms with Crippen LogP contribution in [0.3, 0.4) is 0 Å². The molecule has 1 aliphatic heterocycles. The molecular weight excluding hydrogens is 317 g/mol. The molecule has 1 aromatic carbocycles. The van der Waals surface area contributed by atoms with Crippen molar-refractivity contribution in [1.29, 1.82) is 0 Å². The molecule has 1 heterocycles. The van der Waals surface area contributed by atoms with Crippen molar-refractivity contribution in [2.45, 2.75) is 31.8 Å². The van der Waals surface area contributed by atoms with E-state index in [0.29, 0.717) is 30.2 Å². The largest absolute Gasteiger partial charge is 0.340 e. The van der Waals surface area contributed by atoms with Gasteiger partial charge in [-0.05, 0) is 31.4 Å². The van der Waals surface area contributed by atoms with Crippen LogP contribution in [0.2, 0.25) is 5.02 Å². The first kappa shape index (κ1) is 16.7. The third-order valence-corrected chi connectivity index (χ3v) is 5.30. The van der Waals surface area contributed by atoms with Crippen molar-refractivity contribution >= 4 is 17.5 Å². The molecule has 1 saturated heterocycles. The Kier molecular flexibility index (Phi) is 5.19. The molecular formula is C17H23ClFN3O. The summed E-state index contributed by atoms with van der Waals surface area (Å²) in [5.41, 5.74) is 6.44. The first-order chi connectivity index (χ1) is 11.0. The second-order valence-corrected chi connectivity index (χ2v) is 6.98. The Balaban J connectivity index is 1.53. The van der Waals surface area contributed by atoms with Gasteiger partial charge < -0.3 is 10.6 Å². The molecule has 4 nitrogen and oxygen atoms in total. The molecule has 126 valence electrons. The monoisotopic (exact) mass is 339 g/mol. The minimum atomic E-state index is -0.268. The van der Waals surface area contributed by atoms with Crippen LogP contribution in [0.15, 0.2) is 18.2 Å². The van der Waals surface area contributed by atoms with Gasteiger partial charge in [0.05, 0.1) is 0 Å². The number of piperazine rings is 1. The Labute approximate surface area is 141 Å². The van der Waals surface area contributed by atoms with Gasteiger partial charge in [-0.25, -0.2) is 4.39 Å². The Morgan fingerprint density at radius 2 is 2.00 bits per heavy atom. The highest BCUT2D eigenvalue weighted by molar-refractivity contribution is 6.31. The zero-order chi connectivity index (χ0) is 16.4. The van der Waals surface area contributed by atoms with Crippen LogP contribution in [0.5, 0.6) is 0 Å². The van der Waals surface area contributed by atoms with E-state index in [1.165, 1.54) is 6.07 Å². The van der Waals surface area contributed by atoms with Gasteiger partial charge in [-0.3, -0.25) is 9.69 Å². The Bertz CT molecular complexity index is 555. The summed E-state index contributed by atoms with van der Waals surface area (Å²) < 4.78 is 13.9. The van der Waals surface area contributed by atoms with E-state index in [1.807, 2.05) is 4.90 Å². The second kappa shape index (κ2) is 7.16. The maximum atomic E-state index is 13.9. The molecule has 2 aliphatic rings. The van der Waals surface area contributed by atoms with Gasteiger partial charge in [0.25, 0.3) is 0 Å². The summed E-state index contributed by atoms with van der Waals surface area (Å²) in [6.45, 7) is 3.36. The van der Waals surface area contributed by atoms with E-state index < -0.39 is 0 Å². The number of carbonyl (C=O) groups is 1. The highest BCUT2D eigenvalue weighted by Crippen LogP contribution is 2.27. The average Bonchev–Trinajstić information content (AvgIpc) is 2.97. The van der Waals surface area contributed by atoms with E-state index in [2.05, 4.69) is 4.90 Å². The number of benzene rings is 1. The van der Waals surface area contributed by atoms with Crippen LogP contribution in [-0.2, 0) is 11.3 Å². The van der Waals surface area contributed by atoms with Gasteiger partial charge in [-0.1, -0.05) is 17.7 Å². The third-order valence-electron chi connectivity index (χ3n) is 4.95. The van der Waals surface area contributed by atoms with Crippen molar-refractivity contribution in [3.05, 3.63) is 34.6 Å². The lowest BCUT2D eigenvalue weighted by Gasteiger charge is -2.36. The average molecular weight is 340 g/mol. The molecule has 0 radical (unpaired) electrons. The van der Waals surface area contributed by atoms with Gasteiger partial charge in [0.1, 0.15) is 5.82 Å². The minimum absolute atomic E-state index is 0.0950. The molecule has 1 saturated carbocycles. The van der Waals surface area contributed by atoms with Gasteiger partial charge in [-0.15, -0.1) is 0 Å². The topological polar surface area (TPSA) is 49.6 Å². The lowest BCUT2D eigenvalue weighted by Crippen LogP contribution is -2.49. The van der Waals surface area contributed by atoms with Gasteiger partial charge in [0.15, 0.2) is 0 Å². The van der Waals surface area contributed by atoms with Crippen LogP contribution < -0.4 is 5.73 Å². The van der Waals surface area contributed by atoms with E-state index in [0.717, 1.165) is 32.4 Å². The van der Waals surface area contributed by atoms with Gasteiger partial charge in [0, 0.05) is 55.3 Å². The van der Waals surface area contributed by atoms with Crippen molar-refractivity contribution in [3.63, 3.8) is 0 Å². The highest BCUT2D eigenvalue weighted by atomic mass is 35.5. The van der Waals surface area contributed by atoms with Crippen LogP contribution >= 0.6 is 11.6 Å². The van der Waals surface area contributed by atoms with Gasteiger partial charge in [-0.2, -0.15) is 0 Å². The standard InChI is InChI=1S/C17H23ClFN3O/c18-15-2-1-3-16(19)14(15)11-21-6-8-22(9-7-21)17(23)12-4-5-13(20)10-12/h1-3,12-13H,4-11,20H2. The fraction of sp³-hybridized carbons (Fsp3) is 0.588. The normalized spacial score (nSPS) is 25.8. The molecule has 1 aliphatic carbocycles. The maximum Gasteiger partial charge on any atom is 0.225 e. The first-order valence-electron chi connectivity index (χ1n) is 8.24. The fourth-order valence-corrected chi connectivity index (χ4v) is 3.76. The molecule has 0 aromatic heterocycles. The molecule has 1 amide bonds. The number of hydrogen-bond donors (Lipinski definition) is 1. The summed E-state index contributed by atoms with van der Waals surface area (Å²) in [5.74, 6) is 0.0648. The van der Waals surface area contributed by atoms with Crippen molar-refractivity contribution in [3.8, 4) is 0 Å². The molecule has 1 aromatic rings. The van der Waals surface area contributed by atoms with Crippen LogP contribution in [0.25, 0.3) is 0 Å². The van der Waals surface area contributed by atoms with Gasteiger partial charge in [0.2, 0.25) is 5.91 Å². The Hall–Kier alpha value is -1.17. The van der Waals surface area contributed by atoms with Crippen molar-refractivity contribution in [1.82, 2.24) is 9.80 Å². The minimum Gasteiger partial charge on any atom is -0.340 e. The summed E-state index contributed by atoms with van der Waals surface area (Å²) >= 11 is 6.08. The third kappa shape index (κ3) is 3.84. The highest BCUT2D eigenvalue weighted by Gasteiger charge is 2.32. The SMILES string of the molecule is NC1CCC(C(=O)N2CCN(Cc3c(F)cccc3Cl)CC2)C1. The summed E-state index contributed by atoms with van der Waals surface area (Å²) in [6, 6.07) is 4.94. The number of rotatable bonds is 3. The van der Waals surface area contributed by atoms with Crippen molar-refractivity contribution in [2.75, 3.05) is 26.2 Å². The number of halogens is 2. The maximum absolute atomic E-state index is 13.9. The predicted molar refractivity (Wildman–Crippen MR) is 88.6 cm³/mol. The second-order valence-electron chi connectivity index (χ2n) is 6.57. The predicted octanol–water partition coefficient (Wildman–Crippen LogP) is 2.25. The van der Waals surface area contributed by atoms with E-state index in [9.17, 15) is 9.18 Å². The van der Waals surface area contributed by atoms with E-state index in [-0.39, 0.29) is 23.7 Å². The van der Waals surface area contributed by atoms with Crippen molar-refractivity contribution < 1.29 is 9.18 Å². The zero-order valence-electron chi connectivity index (χ0n) is 13.2. The lowest BCUT2D eigenvalue weighted by atomic mass is 10.1. The molecule has 23 heavy (non-hydrogen) atoms. The first-order valence-corrected chi connectivity index (χ1v) is 8.62. The molecule has 2 atom stereocenters. The summed E-state index contributed by atoms with van der Waals surface area (Å²) in [7, 11) is 0. The molecule has 2 unspecified atom stereocenters. The number of nitrogens with zero attached hydrogens (tertiary/aromatic N) is 2. The van der Waals surface area contributed by atoms with Crippen LogP contribution in [-0.4, -0.2) is 47.9 Å².